The second-order valence-corrected chi connectivity index (χ2v) is 4.01. The summed E-state index contributed by atoms with van der Waals surface area (Å²) in [5, 5.41) is 5.37. The molecule has 18 heavy (non-hydrogen) atoms. The molecule has 5 heteroatoms. The molecule has 0 aliphatic carbocycles. The number of nitrogens with one attached hydrogen (secondary N) is 2. The zero-order valence-corrected chi connectivity index (χ0v) is 10.6. The van der Waals surface area contributed by atoms with E-state index in [0.29, 0.717) is 18.7 Å². The van der Waals surface area contributed by atoms with Crippen molar-refractivity contribution in [1.82, 2.24) is 15.6 Å². The van der Waals surface area contributed by atoms with Crippen LogP contribution in [0, 0.1) is 0 Å². The molecule has 0 aliphatic rings. The fraction of sp³-hybridized carbons (Fsp3) is 0.308. The van der Waals surface area contributed by atoms with Gasteiger partial charge in [0.05, 0.1) is 5.56 Å². The van der Waals surface area contributed by atoms with Crippen LogP contribution in [0.4, 0.5) is 0 Å². The molecule has 0 saturated heterocycles. The van der Waals surface area contributed by atoms with Crippen LogP contribution < -0.4 is 10.6 Å². The molecule has 1 rings (SSSR count). The minimum absolute atomic E-state index is 0.148. The molecule has 0 unspecified atom stereocenters. The number of allylic oxidation sites excluding steroid dienone is 1. The highest BCUT2D eigenvalue weighted by molar-refractivity contribution is 5.93. The predicted octanol–water partition coefficient (Wildman–Crippen LogP) is 0.894. The van der Waals surface area contributed by atoms with E-state index in [1.165, 1.54) is 12.3 Å². The lowest BCUT2D eigenvalue weighted by Gasteiger charge is -2.05. The topological polar surface area (TPSA) is 71.1 Å². The highest BCUT2D eigenvalue weighted by Crippen LogP contribution is 1.94. The van der Waals surface area contributed by atoms with Crippen LogP contribution in [0.5, 0.6) is 0 Å². The Morgan fingerprint density at radius 3 is 2.61 bits per heavy atom. The van der Waals surface area contributed by atoms with Crippen molar-refractivity contribution in [3.8, 4) is 0 Å². The van der Waals surface area contributed by atoms with Crippen LogP contribution in [0.15, 0.2) is 36.2 Å². The van der Waals surface area contributed by atoms with E-state index < -0.39 is 0 Å². The van der Waals surface area contributed by atoms with Crippen LogP contribution in [-0.2, 0) is 4.79 Å². The van der Waals surface area contributed by atoms with Crippen molar-refractivity contribution in [2.24, 2.45) is 0 Å². The fourth-order valence-corrected chi connectivity index (χ4v) is 1.27. The van der Waals surface area contributed by atoms with E-state index in [4.69, 9.17) is 0 Å². The summed E-state index contributed by atoms with van der Waals surface area (Å²) in [6.45, 7) is 4.48. The van der Waals surface area contributed by atoms with Gasteiger partial charge >= 0.3 is 0 Å². The first-order chi connectivity index (χ1) is 8.59. The molecule has 2 amide bonds. The standard InChI is InChI=1S/C13H17N3O2/c1-10(2)8-12(17)15-6-7-16-13(18)11-4-3-5-14-9-11/h3-5,8-9H,6-7H2,1-2H3,(H,15,17)(H,16,18). The lowest BCUT2D eigenvalue weighted by Crippen LogP contribution is -2.34. The van der Waals surface area contributed by atoms with E-state index in [0.717, 1.165) is 5.57 Å². The van der Waals surface area contributed by atoms with Crippen molar-refractivity contribution >= 4 is 11.8 Å². The second kappa shape index (κ2) is 7.21. The predicted molar refractivity (Wildman–Crippen MR) is 69.0 cm³/mol. The average Bonchev–Trinajstić information content (AvgIpc) is 2.34. The molecule has 0 aliphatic heterocycles. The number of carbonyl (C=O) groups is 2. The maximum absolute atomic E-state index is 11.6. The van der Waals surface area contributed by atoms with Crippen LogP contribution >= 0.6 is 0 Å². The normalized spacial score (nSPS) is 9.44. The van der Waals surface area contributed by atoms with Gasteiger partial charge in [0.15, 0.2) is 0 Å². The second-order valence-electron chi connectivity index (χ2n) is 4.01. The van der Waals surface area contributed by atoms with Gasteiger partial charge in [-0.25, -0.2) is 0 Å². The Labute approximate surface area is 106 Å². The number of amides is 2. The van der Waals surface area contributed by atoms with Crippen molar-refractivity contribution in [3.05, 3.63) is 41.7 Å². The van der Waals surface area contributed by atoms with Gasteiger partial charge in [0.25, 0.3) is 5.91 Å². The third-order valence-electron chi connectivity index (χ3n) is 2.05. The van der Waals surface area contributed by atoms with Crippen molar-refractivity contribution in [2.45, 2.75) is 13.8 Å². The number of carbonyl (C=O) groups excluding carboxylic acids is 2. The summed E-state index contributed by atoms with van der Waals surface area (Å²) in [5.74, 6) is -0.342. The number of hydrogen-bond donors (Lipinski definition) is 2. The van der Waals surface area contributed by atoms with Gasteiger partial charge in [-0.05, 0) is 26.0 Å². The Kier molecular flexibility index (Phi) is 5.57. The molecular formula is C13H17N3O2. The zero-order valence-electron chi connectivity index (χ0n) is 10.6. The number of rotatable bonds is 5. The Bertz CT molecular complexity index is 437. The largest absolute Gasteiger partial charge is 0.351 e. The third-order valence-corrected chi connectivity index (χ3v) is 2.05. The molecule has 0 atom stereocenters. The quantitative estimate of drug-likeness (QED) is 0.599. The van der Waals surface area contributed by atoms with Crippen LogP contribution in [0.1, 0.15) is 24.2 Å². The molecule has 1 aromatic heterocycles. The highest BCUT2D eigenvalue weighted by atomic mass is 16.2. The van der Waals surface area contributed by atoms with Crippen molar-refractivity contribution < 1.29 is 9.59 Å². The molecule has 1 heterocycles. The van der Waals surface area contributed by atoms with Crippen molar-refractivity contribution in [1.29, 1.82) is 0 Å². The molecule has 0 aromatic carbocycles. The monoisotopic (exact) mass is 247 g/mol. The van der Waals surface area contributed by atoms with Gasteiger partial charge in [-0.3, -0.25) is 14.6 Å². The van der Waals surface area contributed by atoms with Crippen molar-refractivity contribution in [3.63, 3.8) is 0 Å². The SMILES string of the molecule is CC(C)=CC(=O)NCCNC(=O)c1cccnc1. The molecule has 0 radical (unpaired) electrons. The number of pyridine rings is 1. The molecule has 1 aromatic rings. The smallest absolute Gasteiger partial charge is 0.252 e. The average molecular weight is 247 g/mol. The molecular weight excluding hydrogens is 230 g/mol. The first-order valence-electron chi connectivity index (χ1n) is 5.70. The summed E-state index contributed by atoms with van der Waals surface area (Å²) >= 11 is 0. The minimum Gasteiger partial charge on any atom is -0.351 e. The van der Waals surface area contributed by atoms with E-state index in [1.54, 1.807) is 18.3 Å². The van der Waals surface area contributed by atoms with E-state index in [2.05, 4.69) is 15.6 Å². The van der Waals surface area contributed by atoms with Gasteiger partial charge in [-0.2, -0.15) is 0 Å². The highest BCUT2D eigenvalue weighted by Gasteiger charge is 2.03. The summed E-state index contributed by atoms with van der Waals surface area (Å²) in [6, 6.07) is 3.38. The summed E-state index contributed by atoms with van der Waals surface area (Å²) in [6.07, 6.45) is 4.62. The minimum atomic E-state index is -0.195. The molecule has 0 bridgehead atoms. The molecule has 2 N–H and O–H groups in total. The van der Waals surface area contributed by atoms with E-state index in [-0.39, 0.29) is 11.8 Å². The first kappa shape index (κ1) is 13.9. The van der Waals surface area contributed by atoms with E-state index in [9.17, 15) is 9.59 Å². The maximum atomic E-state index is 11.6. The maximum Gasteiger partial charge on any atom is 0.252 e. The van der Waals surface area contributed by atoms with Gasteiger partial charge in [-0.15, -0.1) is 0 Å². The molecule has 5 nitrogen and oxygen atoms in total. The number of aromatic nitrogens is 1. The van der Waals surface area contributed by atoms with Crippen molar-refractivity contribution in [2.75, 3.05) is 13.1 Å². The Morgan fingerprint density at radius 2 is 2.00 bits per heavy atom. The van der Waals surface area contributed by atoms with Gasteiger partial charge < -0.3 is 10.6 Å². The van der Waals surface area contributed by atoms with Gasteiger partial charge in [0.2, 0.25) is 5.91 Å². The van der Waals surface area contributed by atoms with Gasteiger partial charge in [-0.1, -0.05) is 5.57 Å². The summed E-state index contributed by atoms with van der Waals surface area (Å²) < 4.78 is 0. The third kappa shape index (κ3) is 5.25. The van der Waals surface area contributed by atoms with Crippen LogP contribution in [0.25, 0.3) is 0 Å². The zero-order chi connectivity index (χ0) is 13.4. The lowest BCUT2D eigenvalue weighted by molar-refractivity contribution is -0.116. The van der Waals surface area contributed by atoms with Crippen LogP contribution in [-0.4, -0.2) is 29.9 Å². The molecule has 96 valence electrons. The number of nitrogens with zero attached hydrogens (tertiary/aromatic N) is 1. The van der Waals surface area contributed by atoms with E-state index in [1.807, 2.05) is 13.8 Å². The van der Waals surface area contributed by atoms with Crippen LogP contribution in [0.3, 0.4) is 0 Å². The molecule has 0 saturated carbocycles. The Hall–Kier alpha value is -2.17. The fourth-order valence-electron chi connectivity index (χ4n) is 1.27. The Morgan fingerprint density at radius 1 is 1.28 bits per heavy atom. The molecule has 0 fully saturated rings. The summed E-state index contributed by atoms with van der Waals surface area (Å²) in [5.41, 5.74) is 1.44. The lowest BCUT2D eigenvalue weighted by atomic mass is 10.3. The molecule has 0 spiro atoms. The summed E-state index contributed by atoms with van der Waals surface area (Å²) in [4.78, 5) is 26.7. The number of hydrogen-bond acceptors (Lipinski definition) is 3. The van der Waals surface area contributed by atoms with E-state index >= 15 is 0 Å². The summed E-state index contributed by atoms with van der Waals surface area (Å²) in [7, 11) is 0. The Balaban J connectivity index is 2.25. The first-order valence-corrected chi connectivity index (χ1v) is 5.70. The van der Waals surface area contributed by atoms with Gasteiger partial charge in [0, 0.05) is 31.6 Å². The van der Waals surface area contributed by atoms with Gasteiger partial charge in [0.1, 0.15) is 0 Å². The van der Waals surface area contributed by atoms with Crippen LogP contribution in [0.2, 0.25) is 0 Å².